The fraction of sp³-hybridized carbons (Fsp3) is 0.875. The van der Waals surface area contributed by atoms with E-state index in [0.717, 1.165) is 26.3 Å². The minimum atomic E-state index is 0.109. The van der Waals surface area contributed by atoms with Gasteiger partial charge in [-0.1, -0.05) is 0 Å². The van der Waals surface area contributed by atoms with Crippen LogP contribution < -0.4 is 0 Å². The van der Waals surface area contributed by atoms with Crippen LogP contribution in [0.1, 0.15) is 85.0 Å². The summed E-state index contributed by atoms with van der Waals surface area (Å²) in [7, 11) is 0. The fourth-order valence-corrected chi connectivity index (χ4v) is 3.21. The third kappa shape index (κ3) is 8.44. The van der Waals surface area contributed by atoms with E-state index in [1.807, 2.05) is 0 Å². The van der Waals surface area contributed by atoms with E-state index in [-0.39, 0.29) is 5.60 Å². The average molecular weight is 359 g/mol. The summed E-state index contributed by atoms with van der Waals surface area (Å²) in [6, 6.07) is 0. The van der Waals surface area contributed by atoms with Crippen LogP contribution >= 0.6 is 0 Å². The summed E-state index contributed by atoms with van der Waals surface area (Å²) in [5.41, 5.74) is 0.109. The van der Waals surface area contributed by atoms with E-state index in [4.69, 9.17) is 4.74 Å². The zero-order valence-corrected chi connectivity index (χ0v) is 16.1. The van der Waals surface area contributed by atoms with E-state index in [1.54, 1.807) is 0 Å². The van der Waals surface area contributed by atoms with Gasteiger partial charge in [-0.05, 0) is 0 Å². The number of rotatable bonds is 12. The van der Waals surface area contributed by atoms with Gasteiger partial charge >= 0.3 is 128 Å². The van der Waals surface area contributed by atoms with E-state index in [1.165, 1.54) is 64.2 Å². The van der Waals surface area contributed by atoms with Crippen molar-refractivity contribution in [2.24, 2.45) is 0 Å². The van der Waals surface area contributed by atoms with Crippen molar-refractivity contribution >= 4 is 22.5 Å². The Hall–Kier alpha value is 0.339. The van der Waals surface area contributed by atoms with Gasteiger partial charge in [-0.15, -0.1) is 0 Å². The van der Waals surface area contributed by atoms with Crippen LogP contribution in [-0.2, 0) is 4.74 Å². The van der Waals surface area contributed by atoms with Crippen molar-refractivity contribution in [3.8, 4) is 0 Å². The van der Waals surface area contributed by atoms with Crippen LogP contribution in [0.4, 0.5) is 0 Å². The molecule has 0 aromatic rings. The summed E-state index contributed by atoms with van der Waals surface area (Å²) >= 11 is 1.03. The molecule has 2 radical (unpaired) electrons. The number of hydrogen-bond donors (Lipinski definition) is 0. The Labute approximate surface area is 128 Å². The maximum absolute atomic E-state index is 6.25. The molecule has 0 fully saturated rings. The summed E-state index contributed by atoms with van der Waals surface area (Å²) in [5.74, 6) is 0. The SMILES string of the molecule is C=[C]([SnH])OC(CCCC)(CCCC)CCCCC. The van der Waals surface area contributed by atoms with Crippen LogP contribution in [0, 0.1) is 0 Å². The standard InChI is InChI=1S/C16H31O.Sn.H/c1-5-9-12-15-16(17-8-4,13-10-6-2)14-11-7-3;;/h4-7,9-15H2,1-3H3;;. The molecule has 0 aliphatic heterocycles. The summed E-state index contributed by atoms with van der Waals surface area (Å²) in [6.45, 7) is 10.8. The predicted molar refractivity (Wildman–Crippen MR) is 83.3 cm³/mol. The molecule has 0 saturated heterocycles. The van der Waals surface area contributed by atoms with Crippen LogP contribution in [0.5, 0.6) is 0 Å². The Kier molecular flexibility index (Phi) is 11.4. The molecule has 0 N–H and O–H groups in total. The van der Waals surface area contributed by atoms with Crippen molar-refractivity contribution in [1.82, 2.24) is 0 Å². The molecule has 0 saturated carbocycles. The van der Waals surface area contributed by atoms with Gasteiger partial charge in [0.25, 0.3) is 0 Å². The molecule has 0 amide bonds. The number of ether oxygens (including phenoxy) is 1. The van der Waals surface area contributed by atoms with Gasteiger partial charge in [-0.2, -0.15) is 0 Å². The van der Waals surface area contributed by atoms with Crippen molar-refractivity contribution in [2.75, 3.05) is 0 Å². The molecular formula is C16H32OSn. The maximum atomic E-state index is 6.25. The summed E-state index contributed by atoms with van der Waals surface area (Å²) < 4.78 is 7.27. The second-order valence-corrected chi connectivity index (χ2v) is 7.25. The van der Waals surface area contributed by atoms with Crippen molar-refractivity contribution in [2.45, 2.75) is 90.6 Å². The topological polar surface area (TPSA) is 9.23 Å². The Balaban J connectivity index is 4.56. The third-order valence-electron chi connectivity index (χ3n) is 3.56. The van der Waals surface area contributed by atoms with E-state index in [2.05, 4.69) is 27.4 Å². The van der Waals surface area contributed by atoms with Crippen molar-refractivity contribution in [3.63, 3.8) is 0 Å². The molecule has 0 spiro atoms. The Morgan fingerprint density at radius 1 is 0.889 bits per heavy atom. The first-order chi connectivity index (χ1) is 8.60. The van der Waals surface area contributed by atoms with E-state index in [0.29, 0.717) is 0 Å². The molecule has 106 valence electrons. The molecule has 0 rings (SSSR count). The molecule has 0 aliphatic carbocycles. The number of hydrogen-bond acceptors (Lipinski definition) is 1. The normalized spacial score (nSPS) is 11.6. The van der Waals surface area contributed by atoms with Gasteiger partial charge in [-0.3, -0.25) is 0 Å². The predicted octanol–water partition coefficient (Wildman–Crippen LogP) is 5.07. The van der Waals surface area contributed by atoms with Gasteiger partial charge in [0.1, 0.15) is 0 Å². The summed E-state index contributed by atoms with van der Waals surface area (Å²) in [4.78, 5) is 0. The van der Waals surface area contributed by atoms with E-state index >= 15 is 0 Å². The molecule has 0 atom stereocenters. The van der Waals surface area contributed by atoms with Crippen LogP contribution in [0.2, 0.25) is 0 Å². The van der Waals surface area contributed by atoms with Gasteiger partial charge in [0, 0.05) is 0 Å². The second-order valence-electron chi connectivity index (χ2n) is 5.42. The number of unbranched alkanes of at least 4 members (excludes halogenated alkanes) is 4. The molecule has 2 heteroatoms. The molecule has 0 aliphatic rings. The van der Waals surface area contributed by atoms with Gasteiger partial charge < -0.3 is 0 Å². The molecule has 18 heavy (non-hydrogen) atoms. The summed E-state index contributed by atoms with van der Waals surface area (Å²) in [5, 5.41) is 0. The molecule has 1 nitrogen and oxygen atoms in total. The first kappa shape index (κ1) is 18.3. The Morgan fingerprint density at radius 3 is 1.72 bits per heavy atom. The average Bonchev–Trinajstić information content (AvgIpc) is 2.33. The van der Waals surface area contributed by atoms with Crippen LogP contribution in [-0.4, -0.2) is 28.1 Å². The van der Waals surface area contributed by atoms with Gasteiger partial charge in [-0.25, -0.2) is 0 Å². The molecular weight excluding hydrogens is 327 g/mol. The van der Waals surface area contributed by atoms with Gasteiger partial charge in [0.2, 0.25) is 0 Å². The van der Waals surface area contributed by atoms with E-state index < -0.39 is 0 Å². The Morgan fingerprint density at radius 2 is 1.33 bits per heavy atom. The molecule has 0 heterocycles. The Bertz CT molecular complexity index is 205. The van der Waals surface area contributed by atoms with Gasteiger partial charge in [0.15, 0.2) is 0 Å². The van der Waals surface area contributed by atoms with Crippen LogP contribution in [0.15, 0.2) is 10.4 Å². The molecule has 0 aromatic carbocycles. The van der Waals surface area contributed by atoms with E-state index in [9.17, 15) is 0 Å². The van der Waals surface area contributed by atoms with Crippen molar-refractivity contribution in [3.05, 3.63) is 10.4 Å². The first-order valence-electron chi connectivity index (χ1n) is 7.73. The quantitative estimate of drug-likeness (QED) is 0.268. The van der Waals surface area contributed by atoms with Crippen LogP contribution in [0.3, 0.4) is 0 Å². The minimum absolute atomic E-state index is 0.109. The second kappa shape index (κ2) is 11.2. The zero-order valence-electron chi connectivity index (χ0n) is 12.8. The van der Waals surface area contributed by atoms with Gasteiger partial charge in [0.05, 0.1) is 0 Å². The van der Waals surface area contributed by atoms with Crippen molar-refractivity contribution < 1.29 is 4.74 Å². The first-order valence-corrected chi connectivity index (χ1v) is 9.38. The summed E-state index contributed by atoms with van der Waals surface area (Å²) in [6.07, 6.45) is 12.7. The molecule has 0 bridgehead atoms. The third-order valence-corrected chi connectivity index (χ3v) is 3.89. The molecule has 0 unspecified atom stereocenters. The zero-order chi connectivity index (χ0) is 13.9. The molecule has 0 aromatic heterocycles. The van der Waals surface area contributed by atoms with Crippen molar-refractivity contribution in [1.29, 1.82) is 0 Å². The van der Waals surface area contributed by atoms with Crippen LogP contribution in [0.25, 0.3) is 0 Å². The fourth-order valence-electron chi connectivity index (χ4n) is 2.50. The monoisotopic (exact) mass is 360 g/mol.